The number of ether oxygens (including phenoxy) is 1. The summed E-state index contributed by atoms with van der Waals surface area (Å²) in [6.45, 7) is 1.84. The molecule has 0 radical (unpaired) electrons. The molecule has 1 aromatic heterocycles. The molecule has 0 amide bonds. The first-order chi connectivity index (χ1) is 12.4. The van der Waals surface area contributed by atoms with Gasteiger partial charge in [-0.25, -0.2) is 4.79 Å². The average Bonchev–Trinajstić information content (AvgIpc) is 2.60. The molecule has 0 fully saturated rings. The van der Waals surface area contributed by atoms with Crippen LogP contribution in [0.4, 0.5) is 5.69 Å². The molecule has 0 spiro atoms. The second-order valence-electron chi connectivity index (χ2n) is 6.44. The molecule has 0 aliphatic carbocycles. The van der Waals surface area contributed by atoms with Crippen molar-refractivity contribution in [2.45, 2.75) is 19.8 Å². The van der Waals surface area contributed by atoms with Crippen LogP contribution < -0.4 is 15.3 Å². The molecule has 1 heterocycles. The van der Waals surface area contributed by atoms with Crippen molar-refractivity contribution in [3.05, 3.63) is 70.1 Å². The Hall–Kier alpha value is -3.08. The standard InChI is InChI=1S/C21H21NO4/c1-14-12-21(24)26-19-13-17(9-10-18(14)19)25-20(23)11-6-15-4-7-16(8-5-15)22(2)3/h4-5,7-10,12-13H,6,11H2,1-3H3. The molecule has 0 atom stereocenters. The van der Waals surface area contributed by atoms with Crippen molar-refractivity contribution >= 4 is 22.6 Å². The van der Waals surface area contributed by atoms with Crippen LogP contribution in [0.1, 0.15) is 17.5 Å². The molecule has 2 aromatic carbocycles. The summed E-state index contributed by atoms with van der Waals surface area (Å²) < 4.78 is 10.6. The van der Waals surface area contributed by atoms with Crippen LogP contribution in [0.25, 0.3) is 11.0 Å². The molecule has 5 heteroatoms. The molecule has 26 heavy (non-hydrogen) atoms. The number of carbonyl (C=O) groups is 1. The third kappa shape index (κ3) is 4.11. The zero-order valence-corrected chi connectivity index (χ0v) is 15.1. The third-order valence-electron chi connectivity index (χ3n) is 4.23. The van der Waals surface area contributed by atoms with E-state index in [1.165, 1.54) is 6.07 Å². The Morgan fingerprint density at radius 2 is 1.81 bits per heavy atom. The SMILES string of the molecule is Cc1cc(=O)oc2cc(OC(=O)CCc3ccc(N(C)C)cc3)ccc12. The smallest absolute Gasteiger partial charge is 0.336 e. The zero-order valence-electron chi connectivity index (χ0n) is 15.1. The van der Waals surface area contributed by atoms with Crippen LogP contribution >= 0.6 is 0 Å². The Balaban J connectivity index is 1.64. The zero-order chi connectivity index (χ0) is 18.7. The molecule has 134 valence electrons. The fourth-order valence-electron chi connectivity index (χ4n) is 2.76. The van der Waals surface area contributed by atoms with E-state index in [9.17, 15) is 9.59 Å². The molecular formula is C21H21NO4. The van der Waals surface area contributed by atoms with Crippen molar-refractivity contribution in [2.75, 3.05) is 19.0 Å². The highest BCUT2D eigenvalue weighted by atomic mass is 16.5. The number of esters is 1. The Labute approximate surface area is 151 Å². The molecule has 0 saturated carbocycles. The summed E-state index contributed by atoms with van der Waals surface area (Å²) in [5, 5.41) is 0.824. The first-order valence-electron chi connectivity index (χ1n) is 8.44. The second-order valence-corrected chi connectivity index (χ2v) is 6.44. The highest BCUT2D eigenvalue weighted by molar-refractivity contribution is 5.82. The molecule has 0 N–H and O–H groups in total. The van der Waals surface area contributed by atoms with Crippen LogP contribution in [0.15, 0.2) is 57.7 Å². The van der Waals surface area contributed by atoms with Crippen molar-refractivity contribution in [3.8, 4) is 5.75 Å². The van der Waals surface area contributed by atoms with E-state index < -0.39 is 5.63 Å². The normalized spacial score (nSPS) is 10.7. The van der Waals surface area contributed by atoms with E-state index in [1.54, 1.807) is 18.2 Å². The van der Waals surface area contributed by atoms with Gasteiger partial charge >= 0.3 is 11.6 Å². The van der Waals surface area contributed by atoms with Crippen molar-refractivity contribution < 1.29 is 13.9 Å². The summed E-state index contributed by atoms with van der Waals surface area (Å²) in [5.74, 6) is 0.0511. The van der Waals surface area contributed by atoms with Crippen LogP contribution in [0, 0.1) is 6.92 Å². The van der Waals surface area contributed by atoms with Gasteiger partial charge in [-0.3, -0.25) is 4.79 Å². The highest BCUT2D eigenvalue weighted by Crippen LogP contribution is 2.22. The van der Waals surface area contributed by atoms with E-state index in [1.807, 2.05) is 50.2 Å². The fraction of sp³-hybridized carbons (Fsp3) is 0.238. The van der Waals surface area contributed by atoms with Gasteiger partial charge in [0.1, 0.15) is 11.3 Å². The summed E-state index contributed by atoms with van der Waals surface area (Å²) in [7, 11) is 3.97. The summed E-state index contributed by atoms with van der Waals surface area (Å²) in [4.78, 5) is 25.6. The molecular weight excluding hydrogens is 330 g/mol. The van der Waals surface area contributed by atoms with Crippen LogP contribution in [-0.2, 0) is 11.2 Å². The molecule has 0 saturated heterocycles. The monoisotopic (exact) mass is 351 g/mol. The Kier molecular flexibility index (Phi) is 5.07. The summed E-state index contributed by atoms with van der Waals surface area (Å²) >= 11 is 0. The number of aryl methyl sites for hydroxylation is 2. The van der Waals surface area contributed by atoms with Gasteiger partial charge in [-0.2, -0.15) is 0 Å². The van der Waals surface area contributed by atoms with Crippen molar-refractivity contribution in [1.82, 2.24) is 0 Å². The third-order valence-corrected chi connectivity index (χ3v) is 4.23. The maximum atomic E-state index is 12.1. The van der Waals surface area contributed by atoms with Gasteiger partial charge in [-0.05, 0) is 48.7 Å². The van der Waals surface area contributed by atoms with Crippen molar-refractivity contribution in [2.24, 2.45) is 0 Å². The maximum absolute atomic E-state index is 12.1. The van der Waals surface area contributed by atoms with Gasteiger partial charge in [0, 0.05) is 43.7 Å². The minimum Gasteiger partial charge on any atom is -0.426 e. The van der Waals surface area contributed by atoms with E-state index in [4.69, 9.17) is 9.15 Å². The molecule has 5 nitrogen and oxygen atoms in total. The number of anilines is 1. The van der Waals surface area contributed by atoms with Gasteiger partial charge in [-0.15, -0.1) is 0 Å². The molecule has 0 aliphatic rings. The molecule has 3 rings (SSSR count). The van der Waals surface area contributed by atoms with E-state index >= 15 is 0 Å². The number of hydrogen-bond donors (Lipinski definition) is 0. The lowest BCUT2D eigenvalue weighted by molar-refractivity contribution is -0.134. The van der Waals surface area contributed by atoms with Crippen LogP contribution in [0.3, 0.4) is 0 Å². The molecule has 3 aromatic rings. The fourth-order valence-corrected chi connectivity index (χ4v) is 2.76. The van der Waals surface area contributed by atoms with E-state index in [0.717, 1.165) is 22.2 Å². The largest absolute Gasteiger partial charge is 0.426 e. The summed E-state index contributed by atoms with van der Waals surface area (Å²) in [6, 6.07) is 14.6. The van der Waals surface area contributed by atoms with Crippen LogP contribution in [0.5, 0.6) is 5.75 Å². The van der Waals surface area contributed by atoms with E-state index in [0.29, 0.717) is 17.8 Å². The lowest BCUT2D eigenvalue weighted by atomic mass is 10.1. The lowest BCUT2D eigenvalue weighted by Crippen LogP contribution is -2.10. The number of rotatable bonds is 5. The Morgan fingerprint density at radius 1 is 1.08 bits per heavy atom. The van der Waals surface area contributed by atoms with Gasteiger partial charge in [0.25, 0.3) is 0 Å². The van der Waals surface area contributed by atoms with Crippen molar-refractivity contribution in [1.29, 1.82) is 0 Å². The minimum atomic E-state index is -0.417. The predicted molar refractivity (Wildman–Crippen MR) is 102 cm³/mol. The number of carbonyl (C=O) groups excluding carboxylic acids is 1. The maximum Gasteiger partial charge on any atom is 0.336 e. The summed E-state index contributed by atoms with van der Waals surface area (Å²) in [5.41, 5.74) is 3.02. The number of fused-ring (bicyclic) bond motifs is 1. The van der Waals surface area contributed by atoms with E-state index in [2.05, 4.69) is 0 Å². The van der Waals surface area contributed by atoms with Gasteiger partial charge < -0.3 is 14.1 Å². The number of nitrogens with zero attached hydrogens (tertiary/aromatic N) is 1. The van der Waals surface area contributed by atoms with Gasteiger partial charge in [0.05, 0.1) is 0 Å². The summed E-state index contributed by atoms with van der Waals surface area (Å²) in [6.07, 6.45) is 0.880. The number of benzene rings is 2. The Bertz CT molecular complexity index is 987. The topological polar surface area (TPSA) is 59.8 Å². The lowest BCUT2D eigenvalue weighted by Gasteiger charge is -2.12. The first-order valence-corrected chi connectivity index (χ1v) is 8.44. The quantitative estimate of drug-likeness (QED) is 0.398. The van der Waals surface area contributed by atoms with Gasteiger partial charge in [-0.1, -0.05) is 12.1 Å². The molecule has 0 aliphatic heterocycles. The average molecular weight is 351 g/mol. The Morgan fingerprint density at radius 3 is 2.50 bits per heavy atom. The predicted octanol–water partition coefficient (Wildman–Crippen LogP) is 3.71. The van der Waals surface area contributed by atoms with Gasteiger partial charge in [0.15, 0.2) is 0 Å². The van der Waals surface area contributed by atoms with E-state index in [-0.39, 0.29) is 12.4 Å². The van der Waals surface area contributed by atoms with Crippen LogP contribution in [-0.4, -0.2) is 20.1 Å². The second kappa shape index (κ2) is 7.44. The molecule has 0 unspecified atom stereocenters. The van der Waals surface area contributed by atoms with Crippen molar-refractivity contribution in [3.63, 3.8) is 0 Å². The number of hydrogen-bond acceptors (Lipinski definition) is 5. The minimum absolute atomic E-state index is 0.275. The van der Waals surface area contributed by atoms with Crippen LogP contribution in [0.2, 0.25) is 0 Å². The molecule has 0 bridgehead atoms. The highest BCUT2D eigenvalue weighted by Gasteiger charge is 2.09. The first kappa shape index (κ1) is 17.7. The van der Waals surface area contributed by atoms with Gasteiger partial charge in [0.2, 0.25) is 0 Å².